The van der Waals surface area contributed by atoms with Gasteiger partial charge in [0.15, 0.2) is 11.7 Å². The average Bonchev–Trinajstić information content (AvgIpc) is 3.30. The summed E-state index contributed by atoms with van der Waals surface area (Å²) in [6.07, 6.45) is 2.28. The second-order valence-electron chi connectivity index (χ2n) is 8.45. The molecule has 0 spiro atoms. The van der Waals surface area contributed by atoms with Gasteiger partial charge in [-0.3, -0.25) is 14.6 Å². The van der Waals surface area contributed by atoms with E-state index in [1.54, 1.807) is 24.3 Å². The molecule has 2 aliphatic rings. The molecule has 2 fully saturated rings. The van der Waals surface area contributed by atoms with Gasteiger partial charge in [0.1, 0.15) is 5.17 Å². The van der Waals surface area contributed by atoms with Crippen molar-refractivity contribution >= 4 is 45.8 Å². The van der Waals surface area contributed by atoms with Gasteiger partial charge < -0.3 is 27.8 Å². The lowest BCUT2D eigenvalue weighted by Gasteiger charge is -2.32. The number of carbonyl (C=O) groups excluding carboxylic acids is 2. The lowest BCUT2D eigenvalue weighted by atomic mass is 9.78. The monoisotopic (exact) mass is 477 g/mol. The minimum absolute atomic E-state index is 0.0108. The number of anilines is 2. The summed E-state index contributed by atoms with van der Waals surface area (Å²) in [6.45, 7) is 2.15. The quantitative estimate of drug-likeness (QED) is 0.218. The topological polar surface area (TPSA) is 161 Å². The highest BCUT2D eigenvalue weighted by atomic mass is 35.5. The first-order chi connectivity index (χ1) is 15.7. The summed E-state index contributed by atoms with van der Waals surface area (Å²) in [7, 11) is 0. The normalized spacial score (nSPS) is 27.6. The highest BCUT2D eigenvalue weighted by Gasteiger charge is 2.54. The summed E-state index contributed by atoms with van der Waals surface area (Å²) in [5, 5.41) is 6.05. The molecule has 2 aliphatic carbocycles. The molecule has 11 heteroatoms. The van der Waals surface area contributed by atoms with Crippen molar-refractivity contribution in [2.24, 2.45) is 45.1 Å². The minimum atomic E-state index is -0.825. The molecule has 0 aromatic heterocycles. The Morgan fingerprint density at radius 3 is 2.73 bits per heavy atom. The maximum Gasteiger partial charge on any atom is 0.238 e. The first-order valence-electron chi connectivity index (χ1n) is 10.7. The molecule has 8 N–H and O–H groups in total. The summed E-state index contributed by atoms with van der Waals surface area (Å²) in [5.41, 5.74) is 17.9. The Balaban J connectivity index is 1.66. The van der Waals surface area contributed by atoms with E-state index in [0.29, 0.717) is 17.9 Å². The van der Waals surface area contributed by atoms with Gasteiger partial charge in [0.2, 0.25) is 11.8 Å². The van der Waals surface area contributed by atoms with Gasteiger partial charge in [0.05, 0.1) is 18.5 Å². The smallest absolute Gasteiger partial charge is 0.238 e. The number of hydrogen-bond acceptors (Lipinski definition) is 6. The van der Waals surface area contributed by atoms with E-state index in [0.717, 1.165) is 19.0 Å². The van der Waals surface area contributed by atoms with E-state index in [-0.39, 0.29) is 41.2 Å². The third-order valence-corrected chi connectivity index (χ3v) is 6.27. The minimum Gasteiger partial charge on any atom is -0.402 e. The van der Waals surface area contributed by atoms with Crippen molar-refractivity contribution in [1.82, 2.24) is 5.32 Å². The number of amides is 2. The molecule has 0 saturated heterocycles. The van der Waals surface area contributed by atoms with Crippen LogP contribution in [0.3, 0.4) is 0 Å². The van der Waals surface area contributed by atoms with Crippen LogP contribution in [0.25, 0.3) is 0 Å². The Hall–Kier alpha value is -2.98. The van der Waals surface area contributed by atoms with Crippen LogP contribution in [0.4, 0.5) is 15.8 Å². The number of benzene rings is 1. The van der Waals surface area contributed by atoms with Crippen molar-refractivity contribution in [3.05, 3.63) is 36.3 Å². The van der Waals surface area contributed by atoms with E-state index in [2.05, 4.69) is 20.6 Å². The Kier molecular flexibility index (Phi) is 8.04. The molecule has 2 bridgehead atoms. The highest BCUT2D eigenvalue weighted by Crippen LogP contribution is 2.53. The first-order valence-corrected chi connectivity index (χ1v) is 11.1. The molecule has 1 aromatic rings. The number of fused-ring (bicyclic) bond motifs is 2. The molecule has 5 unspecified atom stereocenters. The van der Waals surface area contributed by atoms with Gasteiger partial charge in [0.25, 0.3) is 0 Å². The summed E-state index contributed by atoms with van der Waals surface area (Å²) in [4.78, 5) is 32.7. The zero-order valence-corrected chi connectivity index (χ0v) is 19.1. The number of amidine groups is 1. The van der Waals surface area contributed by atoms with Gasteiger partial charge in [-0.15, -0.1) is 0 Å². The van der Waals surface area contributed by atoms with Crippen molar-refractivity contribution < 1.29 is 14.0 Å². The molecule has 2 saturated carbocycles. The standard InChI is InChI=1S/C22H29ClFN7O2/c1-11(23)29-22(17(24)8-25)31-20-16-6-12(19(20)21(27)33)5-13(16)9-28-10-18(32)30-15-4-2-3-14(26)7-15/h2-4,7-8,12-13,16,19-20,28H,5-6,9-10,25-26H2,1H3,(H2,27,33)(H,30,32). The van der Waals surface area contributed by atoms with Gasteiger partial charge in [-0.1, -0.05) is 17.7 Å². The van der Waals surface area contributed by atoms with Crippen molar-refractivity contribution in [3.63, 3.8) is 0 Å². The van der Waals surface area contributed by atoms with Crippen molar-refractivity contribution in [2.75, 3.05) is 24.1 Å². The maximum absolute atomic E-state index is 14.2. The number of rotatable bonds is 8. The zero-order valence-electron chi connectivity index (χ0n) is 18.3. The molecular weight excluding hydrogens is 449 g/mol. The second-order valence-corrected chi connectivity index (χ2v) is 9.00. The molecule has 33 heavy (non-hydrogen) atoms. The lowest BCUT2D eigenvalue weighted by Crippen LogP contribution is -2.43. The van der Waals surface area contributed by atoms with Gasteiger partial charge in [-0.05, 0) is 62.3 Å². The number of carbonyl (C=O) groups is 2. The number of halogens is 2. The van der Waals surface area contributed by atoms with E-state index in [9.17, 15) is 14.0 Å². The third kappa shape index (κ3) is 6.08. The predicted octanol–water partition coefficient (Wildman–Crippen LogP) is 1.75. The molecule has 178 valence electrons. The maximum atomic E-state index is 14.2. The molecule has 2 amide bonds. The van der Waals surface area contributed by atoms with E-state index >= 15 is 0 Å². The van der Waals surface area contributed by atoms with E-state index < -0.39 is 23.7 Å². The Bertz CT molecular complexity index is 993. The van der Waals surface area contributed by atoms with Crippen LogP contribution in [0.15, 0.2) is 46.3 Å². The summed E-state index contributed by atoms with van der Waals surface area (Å²) in [5.74, 6) is -2.07. The number of nitrogens with zero attached hydrogens (tertiary/aromatic N) is 2. The van der Waals surface area contributed by atoms with Crippen molar-refractivity contribution in [1.29, 1.82) is 0 Å². The zero-order chi connectivity index (χ0) is 24.1. The molecule has 0 heterocycles. The van der Waals surface area contributed by atoms with Gasteiger partial charge in [-0.2, -0.15) is 0 Å². The molecule has 0 radical (unpaired) electrons. The molecule has 3 rings (SSSR count). The van der Waals surface area contributed by atoms with Gasteiger partial charge >= 0.3 is 0 Å². The second kappa shape index (κ2) is 10.8. The fourth-order valence-corrected chi connectivity index (χ4v) is 5.05. The number of nitrogens with one attached hydrogen (secondary N) is 2. The van der Waals surface area contributed by atoms with Crippen molar-refractivity contribution in [3.8, 4) is 0 Å². The average molecular weight is 478 g/mol. The van der Waals surface area contributed by atoms with Crippen LogP contribution in [-0.4, -0.2) is 42.0 Å². The Labute approximate surface area is 196 Å². The van der Waals surface area contributed by atoms with Crippen LogP contribution in [0.1, 0.15) is 19.8 Å². The molecule has 5 atom stereocenters. The van der Waals surface area contributed by atoms with Crippen LogP contribution in [0.5, 0.6) is 0 Å². The molecular formula is C22H29ClFN7O2. The van der Waals surface area contributed by atoms with Gasteiger partial charge in [0, 0.05) is 17.6 Å². The number of aliphatic imine (C=N–C) groups is 2. The van der Waals surface area contributed by atoms with Crippen LogP contribution < -0.4 is 27.8 Å². The van der Waals surface area contributed by atoms with Crippen molar-refractivity contribution in [2.45, 2.75) is 25.8 Å². The Morgan fingerprint density at radius 2 is 2.09 bits per heavy atom. The van der Waals surface area contributed by atoms with Crippen LogP contribution >= 0.6 is 11.6 Å². The van der Waals surface area contributed by atoms with E-state index in [1.165, 1.54) is 6.92 Å². The highest BCUT2D eigenvalue weighted by molar-refractivity contribution is 6.65. The SMILES string of the molecule is CC(Cl)=NC(=NC1C2CC(CC2CNCC(=O)Nc2cccc(N)c2)C1C(N)=O)C(F)=CN. The Morgan fingerprint density at radius 1 is 1.33 bits per heavy atom. The fraction of sp³-hybridized carbons (Fsp3) is 0.455. The molecule has 0 aliphatic heterocycles. The predicted molar refractivity (Wildman–Crippen MR) is 128 cm³/mol. The summed E-state index contributed by atoms with van der Waals surface area (Å²) in [6, 6.07) is 6.40. The summed E-state index contributed by atoms with van der Waals surface area (Å²) < 4.78 is 14.2. The third-order valence-electron chi connectivity index (χ3n) is 6.18. The van der Waals surface area contributed by atoms with Crippen LogP contribution in [-0.2, 0) is 9.59 Å². The molecule has 1 aromatic carbocycles. The van der Waals surface area contributed by atoms with Crippen LogP contribution in [0, 0.1) is 23.7 Å². The van der Waals surface area contributed by atoms with Gasteiger partial charge in [-0.25, -0.2) is 9.38 Å². The summed E-state index contributed by atoms with van der Waals surface area (Å²) >= 11 is 5.82. The first kappa shape index (κ1) is 24.7. The lowest BCUT2D eigenvalue weighted by molar-refractivity contribution is -0.124. The largest absolute Gasteiger partial charge is 0.402 e. The molecule has 9 nitrogen and oxygen atoms in total. The van der Waals surface area contributed by atoms with E-state index in [4.69, 9.17) is 28.8 Å². The van der Waals surface area contributed by atoms with Crippen LogP contribution in [0.2, 0.25) is 0 Å². The number of hydrogen-bond donors (Lipinski definition) is 5. The number of primary amides is 1. The fourth-order valence-electron chi connectivity index (χ4n) is 4.97. The van der Waals surface area contributed by atoms with E-state index in [1.807, 2.05) is 0 Å². The number of nitrogens with two attached hydrogens (primary N) is 3. The number of nitrogen functional groups attached to an aromatic ring is 1.